The molecule has 2 aromatic heterocycles. The molecule has 29 heavy (non-hydrogen) atoms. The maximum atomic E-state index is 13.7. The van der Waals surface area contributed by atoms with Crippen LogP contribution in [0.5, 0.6) is 0 Å². The molecule has 0 aliphatic heterocycles. The van der Waals surface area contributed by atoms with Gasteiger partial charge in [0.25, 0.3) is 5.56 Å². The van der Waals surface area contributed by atoms with E-state index in [1.54, 1.807) is 0 Å². The number of carbonyl (C=O) groups is 1. The normalized spacial score (nSPS) is 11.0. The summed E-state index contributed by atoms with van der Waals surface area (Å²) in [6, 6.07) is 10.2. The van der Waals surface area contributed by atoms with Crippen molar-refractivity contribution in [2.75, 3.05) is 5.32 Å². The van der Waals surface area contributed by atoms with Gasteiger partial charge in [-0.25, -0.2) is 13.8 Å². The molecule has 4 rings (SSSR count). The number of fused-ring (bicyclic) bond motifs is 1. The van der Waals surface area contributed by atoms with Crippen molar-refractivity contribution in [3.8, 4) is 5.69 Å². The van der Waals surface area contributed by atoms with Gasteiger partial charge in [-0.15, -0.1) is 5.10 Å². The predicted molar refractivity (Wildman–Crippen MR) is 101 cm³/mol. The zero-order valence-electron chi connectivity index (χ0n) is 15.1. The van der Waals surface area contributed by atoms with Crippen molar-refractivity contribution < 1.29 is 13.6 Å². The fourth-order valence-corrected chi connectivity index (χ4v) is 2.75. The summed E-state index contributed by atoms with van der Waals surface area (Å²) in [5, 5.41) is 10.1. The van der Waals surface area contributed by atoms with Crippen LogP contribution < -0.4 is 10.9 Å². The third kappa shape index (κ3) is 3.59. The first-order valence-corrected chi connectivity index (χ1v) is 8.55. The number of hydrogen-bond donors (Lipinski definition) is 1. The highest BCUT2D eigenvalue weighted by Gasteiger charge is 2.15. The maximum absolute atomic E-state index is 13.7. The highest BCUT2D eigenvalue weighted by molar-refractivity contribution is 5.90. The molecule has 10 heteroatoms. The lowest BCUT2D eigenvalue weighted by Crippen LogP contribution is -2.28. The first kappa shape index (κ1) is 18.4. The number of carbonyl (C=O) groups excluding carboxylic acids is 1. The molecule has 8 nitrogen and oxygen atoms in total. The Kier molecular flexibility index (Phi) is 4.59. The number of halogens is 2. The molecule has 0 saturated heterocycles. The standard InChI is InChI=1S/C19H14F2N6O2/c1-11-2-5-13(6-3-11)27-18-17(24-25-27)19(29)26(10-22-18)9-16(28)23-15-7-4-12(20)8-14(15)21/h2-8,10H,9H2,1H3,(H,23,28). The summed E-state index contributed by atoms with van der Waals surface area (Å²) in [7, 11) is 0. The van der Waals surface area contributed by atoms with E-state index in [-0.39, 0.29) is 16.9 Å². The Labute approximate surface area is 162 Å². The molecular weight excluding hydrogens is 382 g/mol. The summed E-state index contributed by atoms with van der Waals surface area (Å²) in [6.07, 6.45) is 1.19. The molecule has 0 bridgehead atoms. The second-order valence-corrected chi connectivity index (χ2v) is 6.36. The fraction of sp³-hybridized carbons (Fsp3) is 0.105. The molecule has 2 heterocycles. The molecule has 1 N–H and O–H groups in total. The average Bonchev–Trinajstić information content (AvgIpc) is 3.12. The van der Waals surface area contributed by atoms with E-state index in [4.69, 9.17) is 0 Å². The van der Waals surface area contributed by atoms with Gasteiger partial charge in [0.1, 0.15) is 24.5 Å². The number of anilines is 1. The summed E-state index contributed by atoms with van der Waals surface area (Å²) >= 11 is 0. The van der Waals surface area contributed by atoms with Crippen LogP contribution >= 0.6 is 0 Å². The molecule has 0 radical (unpaired) electrons. The van der Waals surface area contributed by atoms with Crippen molar-refractivity contribution in [1.29, 1.82) is 0 Å². The molecular formula is C19H14F2N6O2. The van der Waals surface area contributed by atoms with Crippen LogP contribution in [0, 0.1) is 18.6 Å². The molecule has 1 amide bonds. The Morgan fingerprint density at radius 1 is 1.14 bits per heavy atom. The number of hydrogen-bond acceptors (Lipinski definition) is 5. The van der Waals surface area contributed by atoms with Crippen molar-refractivity contribution in [2.24, 2.45) is 0 Å². The van der Waals surface area contributed by atoms with Crippen molar-refractivity contribution >= 4 is 22.8 Å². The first-order valence-electron chi connectivity index (χ1n) is 8.55. The molecule has 146 valence electrons. The van der Waals surface area contributed by atoms with Crippen molar-refractivity contribution in [3.05, 3.63) is 76.3 Å². The monoisotopic (exact) mass is 396 g/mol. The number of nitrogens with zero attached hydrogens (tertiary/aromatic N) is 5. The van der Waals surface area contributed by atoms with Gasteiger partial charge >= 0.3 is 0 Å². The number of rotatable bonds is 4. The molecule has 0 saturated carbocycles. The summed E-state index contributed by atoms with van der Waals surface area (Å²) in [5.41, 5.74) is 1.24. The van der Waals surface area contributed by atoms with E-state index in [2.05, 4.69) is 20.6 Å². The van der Waals surface area contributed by atoms with Crippen molar-refractivity contribution in [2.45, 2.75) is 13.5 Å². The van der Waals surface area contributed by atoms with E-state index in [0.717, 1.165) is 22.3 Å². The SMILES string of the molecule is Cc1ccc(-n2nnc3c(=O)n(CC(=O)Nc4ccc(F)cc4F)cnc32)cc1. The molecule has 0 aliphatic carbocycles. The molecule has 4 aromatic rings. The summed E-state index contributed by atoms with van der Waals surface area (Å²) in [6.45, 7) is 1.53. The lowest BCUT2D eigenvalue weighted by molar-refractivity contribution is -0.116. The second-order valence-electron chi connectivity index (χ2n) is 6.36. The Bertz CT molecular complexity index is 1280. The quantitative estimate of drug-likeness (QED) is 0.571. The number of aromatic nitrogens is 5. The third-order valence-corrected chi connectivity index (χ3v) is 4.23. The lowest BCUT2D eigenvalue weighted by atomic mass is 10.2. The molecule has 0 fully saturated rings. The minimum atomic E-state index is -0.916. The highest BCUT2D eigenvalue weighted by Crippen LogP contribution is 2.15. The Hall–Kier alpha value is -3.95. The van der Waals surface area contributed by atoms with Gasteiger partial charge in [-0.2, -0.15) is 4.68 Å². The van der Waals surface area contributed by atoms with Crippen LogP contribution in [0.1, 0.15) is 5.56 Å². The third-order valence-electron chi connectivity index (χ3n) is 4.23. The van der Waals surface area contributed by atoms with E-state index in [1.807, 2.05) is 31.2 Å². The summed E-state index contributed by atoms with van der Waals surface area (Å²) in [5.74, 6) is -2.35. The zero-order chi connectivity index (χ0) is 20.5. The number of nitrogens with one attached hydrogen (secondary N) is 1. The van der Waals surface area contributed by atoms with E-state index >= 15 is 0 Å². The average molecular weight is 396 g/mol. The fourth-order valence-electron chi connectivity index (χ4n) is 2.75. The Morgan fingerprint density at radius 3 is 2.62 bits per heavy atom. The van der Waals surface area contributed by atoms with Crippen LogP contribution in [-0.2, 0) is 11.3 Å². The number of benzene rings is 2. The van der Waals surface area contributed by atoms with Gasteiger partial charge in [-0.05, 0) is 31.2 Å². The van der Waals surface area contributed by atoms with Gasteiger partial charge in [-0.3, -0.25) is 14.2 Å². The van der Waals surface area contributed by atoms with Gasteiger partial charge in [0, 0.05) is 6.07 Å². The smallest absolute Gasteiger partial charge is 0.284 e. The van der Waals surface area contributed by atoms with Crippen molar-refractivity contribution in [3.63, 3.8) is 0 Å². The minimum absolute atomic E-state index is 0.00571. The molecule has 0 unspecified atom stereocenters. The maximum Gasteiger partial charge on any atom is 0.284 e. The Balaban J connectivity index is 1.60. The van der Waals surface area contributed by atoms with Gasteiger partial charge in [-0.1, -0.05) is 22.9 Å². The lowest BCUT2D eigenvalue weighted by Gasteiger charge is -2.08. The van der Waals surface area contributed by atoms with Crippen LogP contribution in [-0.4, -0.2) is 30.5 Å². The van der Waals surface area contributed by atoms with Crippen molar-refractivity contribution in [1.82, 2.24) is 24.5 Å². The topological polar surface area (TPSA) is 94.7 Å². The number of aryl methyl sites for hydroxylation is 1. The van der Waals surface area contributed by atoms with Gasteiger partial charge in [0.15, 0.2) is 11.2 Å². The molecule has 0 spiro atoms. The van der Waals surface area contributed by atoms with Crippen LogP contribution in [0.3, 0.4) is 0 Å². The van der Waals surface area contributed by atoms with E-state index in [0.29, 0.717) is 11.8 Å². The van der Waals surface area contributed by atoms with Crippen LogP contribution in [0.15, 0.2) is 53.6 Å². The van der Waals surface area contributed by atoms with Gasteiger partial charge in [0.2, 0.25) is 5.91 Å². The van der Waals surface area contributed by atoms with Crippen LogP contribution in [0.4, 0.5) is 14.5 Å². The minimum Gasteiger partial charge on any atom is -0.322 e. The van der Waals surface area contributed by atoms with E-state index in [9.17, 15) is 18.4 Å². The highest BCUT2D eigenvalue weighted by atomic mass is 19.1. The zero-order valence-corrected chi connectivity index (χ0v) is 15.1. The van der Waals surface area contributed by atoms with Gasteiger partial charge in [0.05, 0.1) is 11.4 Å². The summed E-state index contributed by atoms with van der Waals surface area (Å²) < 4.78 is 29.1. The first-order chi connectivity index (χ1) is 13.9. The number of amides is 1. The molecule has 2 aromatic carbocycles. The Morgan fingerprint density at radius 2 is 1.90 bits per heavy atom. The predicted octanol–water partition coefficient (Wildman–Crippen LogP) is 2.20. The summed E-state index contributed by atoms with van der Waals surface area (Å²) in [4.78, 5) is 29.0. The van der Waals surface area contributed by atoms with Crippen LogP contribution in [0.25, 0.3) is 16.9 Å². The largest absolute Gasteiger partial charge is 0.322 e. The van der Waals surface area contributed by atoms with E-state index < -0.39 is 29.6 Å². The second kappa shape index (κ2) is 7.23. The van der Waals surface area contributed by atoms with E-state index in [1.165, 1.54) is 11.0 Å². The van der Waals surface area contributed by atoms with Crippen LogP contribution in [0.2, 0.25) is 0 Å². The molecule has 0 aliphatic rings. The van der Waals surface area contributed by atoms with Gasteiger partial charge < -0.3 is 5.32 Å². The molecule has 0 atom stereocenters.